The second kappa shape index (κ2) is 8.99. The molecule has 0 atom stereocenters. The van der Waals surface area contributed by atoms with Crippen LogP contribution in [0.25, 0.3) is 11.8 Å². The Kier molecular flexibility index (Phi) is 6.24. The van der Waals surface area contributed by atoms with Gasteiger partial charge in [-0.2, -0.15) is 0 Å². The van der Waals surface area contributed by atoms with Crippen LogP contribution in [-0.4, -0.2) is 23.6 Å². The topological polar surface area (TPSA) is 51.5 Å². The smallest absolute Gasteiger partial charge is 0.340 e. The fraction of sp³-hybridized carbons (Fsp3) is 0.214. The molecule has 1 aliphatic heterocycles. The molecule has 5 nitrogen and oxygen atoms in total. The molecule has 4 rings (SSSR count). The number of aryl methyl sites for hydroxylation is 3. The molecule has 3 aromatic rings. The number of hydrogen-bond acceptors (Lipinski definition) is 3. The number of hydrogen-bond donors (Lipinski definition) is 0. The molecule has 1 amide bonds. The lowest BCUT2D eigenvalue weighted by atomic mass is 10.0. The predicted octanol–water partition coefficient (Wildman–Crippen LogP) is 6.24. The fourth-order valence-corrected chi connectivity index (χ4v) is 4.86. The summed E-state index contributed by atoms with van der Waals surface area (Å²) in [6, 6.07) is 15.4. The number of amides is 1. The number of rotatable bonds is 4. The monoisotopic (exact) mass is 474 g/mol. The zero-order chi connectivity index (χ0) is 24.7. The highest BCUT2D eigenvalue weighted by Crippen LogP contribution is 2.37. The molecule has 1 aromatic heterocycles. The fourth-order valence-electron chi connectivity index (χ4n) is 4.67. The molecule has 6 heteroatoms. The third kappa shape index (κ3) is 4.08. The first-order chi connectivity index (χ1) is 16.1. The minimum atomic E-state index is -0.551. The van der Waals surface area contributed by atoms with Gasteiger partial charge in [-0.3, -0.25) is 9.69 Å². The van der Waals surface area contributed by atoms with E-state index in [1.807, 2.05) is 19.9 Å². The largest absolute Gasteiger partial charge is 0.465 e. The SMILES string of the molecule is COC(=O)C1=C(C)N(c2cccc(Cl)c2)C(=O)/C1=C\c1cc(C)n(-c2cc(C)cc(C)c2)c1C. The van der Waals surface area contributed by atoms with Crippen molar-refractivity contribution < 1.29 is 14.3 Å². The van der Waals surface area contributed by atoms with Crippen molar-refractivity contribution in [3.05, 3.63) is 98.5 Å². The van der Waals surface area contributed by atoms with E-state index in [2.05, 4.69) is 36.6 Å². The van der Waals surface area contributed by atoms with E-state index in [1.54, 1.807) is 37.3 Å². The number of ether oxygens (including phenoxy) is 1. The van der Waals surface area contributed by atoms with Gasteiger partial charge < -0.3 is 9.30 Å². The van der Waals surface area contributed by atoms with Crippen molar-refractivity contribution in [3.8, 4) is 5.69 Å². The Morgan fingerprint density at radius 2 is 1.62 bits per heavy atom. The van der Waals surface area contributed by atoms with Crippen LogP contribution in [0.2, 0.25) is 5.02 Å². The predicted molar refractivity (Wildman–Crippen MR) is 136 cm³/mol. The van der Waals surface area contributed by atoms with E-state index in [1.165, 1.54) is 23.1 Å². The summed E-state index contributed by atoms with van der Waals surface area (Å²) in [5.74, 6) is -0.846. The second-order valence-electron chi connectivity index (χ2n) is 8.64. The van der Waals surface area contributed by atoms with Gasteiger partial charge in [-0.05, 0) is 93.8 Å². The van der Waals surface area contributed by atoms with E-state index in [0.29, 0.717) is 22.0 Å². The average molecular weight is 475 g/mol. The molecule has 0 N–H and O–H groups in total. The molecule has 1 aliphatic rings. The summed E-state index contributed by atoms with van der Waals surface area (Å²) in [5, 5.41) is 0.507. The van der Waals surface area contributed by atoms with Gasteiger partial charge in [0.1, 0.15) is 0 Å². The molecular formula is C28H27ClN2O3. The van der Waals surface area contributed by atoms with Crippen LogP contribution in [0.3, 0.4) is 0 Å². The molecule has 34 heavy (non-hydrogen) atoms. The maximum absolute atomic E-state index is 13.6. The first-order valence-corrected chi connectivity index (χ1v) is 11.4. The summed E-state index contributed by atoms with van der Waals surface area (Å²) in [7, 11) is 1.32. The number of aromatic nitrogens is 1. The van der Waals surface area contributed by atoms with Gasteiger partial charge in [-0.1, -0.05) is 23.7 Å². The molecule has 0 spiro atoms. The first-order valence-electron chi connectivity index (χ1n) is 11.0. The molecule has 2 heterocycles. The van der Waals surface area contributed by atoms with Gasteiger partial charge in [0.05, 0.1) is 23.9 Å². The van der Waals surface area contributed by atoms with Crippen LogP contribution in [0.5, 0.6) is 0 Å². The van der Waals surface area contributed by atoms with Crippen LogP contribution >= 0.6 is 11.6 Å². The maximum atomic E-state index is 13.6. The van der Waals surface area contributed by atoms with Gasteiger partial charge in [-0.25, -0.2) is 4.79 Å². The lowest BCUT2D eigenvalue weighted by Crippen LogP contribution is -2.24. The van der Waals surface area contributed by atoms with E-state index in [4.69, 9.17) is 16.3 Å². The summed E-state index contributed by atoms with van der Waals surface area (Å²) in [6.45, 7) is 9.94. The highest BCUT2D eigenvalue weighted by molar-refractivity contribution is 6.31. The first kappa shape index (κ1) is 23.6. The standard InChI is InChI=1S/C28H27ClN2O3/c1-16-10-17(2)12-24(11-16)30-18(3)13-21(19(30)4)14-25-26(28(33)34-6)20(5)31(27(25)32)23-9-7-8-22(29)15-23/h7-15H,1-6H3/b25-14-. The van der Waals surface area contributed by atoms with Crippen LogP contribution in [-0.2, 0) is 14.3 Å². The average Bonchev–Trinajstić information content (AvgIpc) is 3.18. The summed E-state index contributed by atoms with van der Waals surface area (Å²) in [6.07, 6.45) is 1.78. The Hall–Kier alpha value is -3.57. The maximum Gasteiger partial charge on any atom is 0.340 e. The summed E-state index contributed by atoms with van der Waals surface area (Å²) in [5.41, 5.74) is 7.95. The molecule has 0 aliphatic carbocycles. The van der Waals surface area contributed by atoms with Crippen LogP contribution in [0.4, 0.5) is 5.69 Å². The number of benzene rings is 2. The van der Waals surface area contributed by atoms with Crippen molar-refractivity contribution >= 4 is 35.2 Å². The number of carbonyl (C=O) groups excluding carboxylic acids is 2. The molecular weight excluding hydrogens is 448 g/mol. The van der Waals surface area contributed by atoms with E-state index >= 15 is 0 Å². The van der Waals surface area contributed by atoms with Gasteiger partial charge in [0.15, 0.2) is 0 Å². The lowest BCUT2D eigenvalue weighted by Gasteiger charge is -2.18. The van der Waals surface area contributed by atoms with Gasteiger partial charge in [0.2, 0.25) is 0 Å². The molecule has 0 saturated carbocycles. The van der Waals surface area contributed by atoms with Crippen molar-refractivity contribution in [1.82, 2.24) is 4.57 Å². The zero-order valence-electron chi connectivity index (χ0n) is 20.2. The van der Waals surface area contributed by atoms with Gasteiger partial charge in [-0.15, -0.1) is 0 Å². The molecule has 0 fully saturated rings. The van der Waals surface area contributed by atoms with E-state index in [9.17, 15) is 9.59 Å². The quantitative estimate of drug-likeness (QED) is 0.332. The number of halogens is 1. The Labute approximate surface area is 204 Å². The van der Waals surface area contributed by atoms with Crippen LogP contribution in [0.1, 0.15) is 35.0 Å². The van der Waals surface area contributed by atoms with Gasteiger partial charge in [0.25, 0.3) is 5.91 Å². The molecule has 2 aromatic carbocycles. The normalized spacial score (nSPS) is 15.0. The third-order valence-electron chi connectivity index (χ3n) is 6.09. The minimum Gasteiger partial charge on any atom is -0.465 e. The number of methoxy groups -OCH3 is 1. The molecule has 0 saturated heterocycles. The highest BCUT2D eigenvalue weighted by Gasteiger charge is 2.38. The van der Waals surface area contributed by atoms with Crippen LogP contribution < -0.4 is 4.90 Å². The van der Waals surface area contributed by atoms with Crippen molar-refractivity contribution in [2.24, 2.45) is 0 Å². The molecule has 0 bridgehead atoms. The van der Waals surface area contributed by atoms with Crippen LogP contribution in [0.15, 0.2) is 65.4 Å². The molecule has 0 unspecified atom stereocenters. The van der Waals surface area contributed by atoms with Crippen molar-refractivity contribution in [2.75, 3.05) is 12.0 Å². The number of anilines is 1. The van der Waals surface area contributed by atoms with Crippen LogP contribution in [0, 0.1) is 27.7 Å². The molecule has 0 radical (unpaired) electrons. The summed E-state index contributed by atoms with van der Waals surface area (Å²) < 4.78 is 7.20. The lowest BCUT2D eigenvalue weighted by molar-refractivity contribution is -0.136. The summed E-state index contributed by atoms with van der Waals surface area (Å²) in [4.78, 5) is 27.8. The number of allylic oxidation sites excluding steroid dienone is 1. The highest BCUT2D eigenvalue weighted by atomic mass is 35.5. The van der Waals surface area contributed by atoms with Crippen molar-refractivity contribution in [2.45, 2.75) is 34.6 Å². The second-order valence-corrected chi connectivity index (χ2v) is 9.07. The van der Waals surface area contributed by atoms with Gasteiger partial charge >= 0.3 is 5.97 Å². The minimum absolute atomic E-state index is 0.253. The Morgan fingerprint density at radius 3 is 2.24 bits per heavy atom. The Balaban J connectivity index is 1.86. The third-order valence-corrected chi connectivity index (χ3v) is 6.33. The molecule has 174 valence electrons. The van der Waals surface area contributed by atoms with E-state index in [0.717, 1.165) is 22.6 Å². The van der Waals surface area contributed by atoms with E-state index < -0.39 is 5.97 Å². The van der Waals surface area contributed by atoms with Gasteiger partial charge in [0, 0.05) is 27.8 Å². The number of carbonyl (C=O) groups is 2. The van der Waals surface area contributed by atoms with Crippen molar-refractivity contribution in [1.29, 1.82) is 0 Å². The Bertz CT molecular complexity index is 1370. The Morgan fingerprint density at radius 1 is 0.941 bits per heavy atom. The number of nitrogens with zero attached hydrogens (tertiary/aromatic N) is 2. The van der Waals surface area contributed by atoms with Crippen molar-refractivity contribution in [3.63, 3.8) is 0 Å². The van der Waals surface area contributed by atoms with E-state index in [-0.39, 0.29) is 11.5 Å². The zero-order valence-corrected chi connectivity index (χ0v) is 20.9. The number of esters is 1. The summed E-state index contributed by atoms with van der Waals surface area (Å²) >= 11 is 6.17.